The first-order valence-corrected chi connectivity index (χ1v) is 8.93. The number of aliphatic hydroxyl groups is 1. The Hall–Kier alpha value is -1.11. The topological polar surface area (TPSA) is 61.8 Å². The second-order valence-electron chi connectivity index (χ2n) is 6.24. The molecule has 0 aliphatic carbocycles. The Morgan fingerprint density at radius 3 is 3.09 bits per heavy atom. The van der Waals surface area contributed by atoms with Crippen molar-refractivity contribution in [1.82, 2.24) is 10.2 Å². The highest BCUT2D eigenvalue weighted by atomic mass is 32.1. The lowest BCUT2D eigenvalue weighted by molar-refractivity contribution is -0.0576. The fraction of sp³-hybridized carbons (Fsp3) is 0.688. The van der Waals surface area contributed by atoms with E-state index in [0.717, 1.165) is 19.4 Å². The zero-order valence-corrected chi connectivity index (χ0v) is 13.8. The van der Waals surface area contributed by atoms with Gasteiger partial charge in [-0.05, 0) is 48.1 Å². The van der Waals surface area contributed by atoms with E-state index in [1.54, 1.807) is 11.3 Å². The molecular weight excluding hydrogens is 300 g/mol. The highest BCUT2D eigenvalue weighted by Gasteiger charge is 2.39. The number of thiophene rings is 1. The molecule has 22 heavy (non-hydrogen) atoms. The summed E-state index contributed by atoms with van der Waals surface area (Å²) < 4.78 is 5.51. The minimum Gasteiger partial charge on any atom is -0.393 e. The average Bonchev–Trinajstić information content (AvgIpc) is 3.14. The normalized spacial score (nSPS) is 28.8. The van der Waals surface area contributed by atoms with Gasteiger partial charge in [-0.2, -0.15) is 11.3 Å². The third kappa shape index (κ3) is 3.29. The van der Waals surface area contributed by atoms with Crippen LogP contribution in [0.5, 0.6) is 0 Å². The molecule has 2 amide bonds. The maximum absolute atomic E-state index is 12.5. The fourth-order valence-electron chi connectivity index (χ4n) is 3.45. The molecule has 3 heterocycles. The number of hydrogen-bond donors (Lipinski definition) is 2. The van der Waals surface area contributed by atoms with Crippen molar-refractivity contribution in [1.29, 1.82) is 0 Å². The van der Waals surface area contributed by atoms with E-state index in [1.807, 2.05) is 4.90 Å². The van der Waals surface area contributed by atoms with Crippen LogP contribution in [-0.2, 0) is 11.3 Å². The van der Waals surface area contributed by atoms with Gasteiger partial charge in [-0.15, -0.1) is 0 Å². The second kappa shape index (κ2) is 6.98. The Kier molecular flexibility index (Phi) is 5.00. The fourth-order valence-corrected chi connectivity index (χ4v) is 4.30. The monoisotopic (exact) mass is 324 g/mol. The second-order valence-corrected chi connectivity index (χ2v) is 6.98. The number of hydrogen-bond acceptors (Lipinski definition) is 4. The van der Waals surface area contributed by atoms with Crippen LogP contribution in [0.1, 0.15) is 30.4 Å². The standard InChI is InChI=1S/C16H24N2O3S/c1-11-9-22-10-12(11)7-17-16(20)18-5-2-3-14(18)13-8-21-6-4-15(13)19/h9-10,13-15,19H,2-8H2,1H3,(H,17,20). The van der Waals surface area contributed by atoms with Crippen LogP contribution in [0.25, 0.3) is 0 Å². The van der Waals surface area contributed by atoms with Gasteiger partial charge in [-0.25, -0.2) is 4.79 Å². The molecule has 122 valence electrons. The Bertz CT molecular complexity index is 519. The predicted octanol–water partition coefficient (Wildman–Crippen LogP) is 2.13. The minimum atomic E-state index is -0.355. The summed E-state index contributed by atoms with van der Waals surface area (Å²) in [5, 5.41) is 17.4. The maximum Gasteiger partial charge on any atom is 0.317 e. The summed E-state index contributed by atoms with van der Waals surface area (Å²) in [6.45, 7) is 4.57. The Morgan fingerprint density at radius 2 is 2.36 bits per heavy atom. The van der Waals surface area contributed by atoms with Crippen molar-refractivity contribution in [3.63, 3.8) is 0 Å². The summed E-state index contributed by atoms with van der Waals surface area (Å²) in [5.74, 6) is 0.0462. The Balaban J connectivity index is 1.60. The number of amides is 2. The van der Waals surface area contributed by atoms with Gasteiger partial charge in [0.1, 0.15) is 0 Å². The zero-order valence-electron chi connectivity index (χ0n) is 13.0. The van der Waals surface area contributed by atoms with E-state index in [2.05, 4.69) is 23.0 Å². The molecule has 0 saturated carbocycles. The summed E-state index contributed by atoms with van der Waals surface area (Å²) in [4.78, 5) is 14.4. The summed E-state index contributed by atoms with van der Waals surface area (Å²) in [6.07, 6.45) is 2.27. The van der Waals surface area contributed by atoms with Crippen LogP contribution in [0, 0.1) is 12.8 Å². The molecule has 3 atom stereocenters. The van der Waals surface area contributed by atoms with Crippen molar-refractivity contribution in [3.8, 4) is 0 Å². The lowest BCUT2D eigenvalue weighted by Crippen LogP contribution is -2.50. The highest BCUT2D eigenvalue weighted by Crippen LogP contribution is 2.29. The summed E-state index contributed by atoms with van der Waals surface area (Å²) in [7, 11) is 0. The molecule has 2 saturated heterocycles. The van der Waals surface area contributed by atoms with E-state index in [4.69, 9.17) is 4.74 Å². The third-order valence-electron chi connectivity index (χ3n) is 4.81. The number of likely N-dealkylation sites (tertiary alicyclic amines) is 1. The van der Waals surface area contributed by atoms with Crippen molar-refractivity contribution in [2.45, 2.75) is 44.9 Å². The van der Waals surface area contributed by atoms with Crippen LogP contribution in [0.3, 0.4) is 0 Å². The molecule has 3 rings (SSSR count). The lowest BCUT2D eigenvalue weighted by atomic mass is 9.89. The number of urea groups is 1. The molecule has 0 spiro atoms. The number of carbonyl (C=O) groups is 1. The van der Waals surface area contributed by atoms with E-state index >= 15 is 0 Å². The molecule has 0 radical (unpaired) electrons. The van der Waals surface area contributed by atoms with Gasteiger partial charge >= 0.3 is 6.03 Å². The van der Waals surface area contributed by atoms with Crippen molar-refractivity contribution in [2.24, 2.45) is 5.92 Å². The first-order chi connectivity index (χ1) is 10.7. The average molecular weight is 324 g/mol. The van der Waals surface area contributed by atoms with Crippen molar-refractivity contribution >= 4 is 17.4 Å². The SMILES string of the molecule is Cc1cscc1CNC(=O)N1CCCC1C1COCCC1O. The van der Waals surface area contributed by atoms with Crippen molar-refractivity contribution in [3.05, 3.63) is 21.9 Å². The van der Waals surface area contributed by atoms with Crippen LogP contribution in [0.15, 0.2) is 10.8 Å². The van der Waals surface area contributed by atoms with E-state index in [1.165, 1.54) is 11.1 Å². The smallest absolute Gasteiger partial charge is 0.317 e. The van der Waals surface area contributed by atoms with Gasteiger partial charge < -0.3 is 20.1 Å². The van der Waals surface area contributed by atoms with Crippen LogP contribution in [0.4, 0.5) is 4.79 Å². The maximum atomic E-state index is 12.5. The number of nitrogens with zero attached hydrogens (tertiary/aromatic N) is 1. The van der Waals surface area contributed by atoms with Gasteiger partial charge in [-0.3, -0.25) is 0 Å². The molecule has 2 aliphatic rings. The van der Waals surface area contributed by atoms with Gasteiger partial charge in [0.25, 0.3) is 0 Å². The van der Waals surface area contributed by atoms with Crippen LogP contribution in [-0.4, -0.2) is 47.9 Å². The van der Waals surface area contributed by atoms with Crippen LogP contribution in [0.2, 0.25) is 0 Å². The van der Waals surface area contributed by atoms with Gasteiger partial charge in [0, 0.05) is 31.7 Å². The molecule has 5 nitrogen and oxygen atoms in total. The largest absolute Gasteiger partial charge is 0.393 e. The molecule has 1 aromatic rings. The molecular formula is C16H24N2O3S. The molecule has 0 bridgehead atoms. The number of aryl methyl sites for hydroxylation is 1. The van der Waals surface area contributed by atoms with E-state index in [9.17, 15) is 9.90 Å². The molecule has 2 fully saturated rings. The van der Waals surface area contributed by atoms with Crippen LogP contribution >= 0.6 is 11.3 Å². The molecule has 2 aliphatic heterocycles. The van der Waals surface area contributed by atoms with Gasteiger partial charge in [0.15, 0.2) is 0 Å². The Morgan fingerprint density at radius 1 is 1.50 bits per heavy atom. The number of rotatable bonds is 3. The highest BCUT2D eigenvalue weighted by molar-refractivity contribution is 7.08. The predicted molar refractivity (Wildman–Crippen MR) is 86.0 cm³/mol. The molecule has 3 unspecified atom stereocenters. The lowest BCUT2D eigenvalue weighted by Gasteiger charge is -2.36. The number of ether oxygens (including phenoxy) is 1. The third-order valence-corrected chi connectivity index (χ3v) is 5.72. The number of carbonyl (C=O) groups excluding carboxylic acids is 1. The van der Waals surface area contributed by atoms with Gasteiger partial charge in [0.05, 0.1) is 12.7 Å². The molecule has 2 N–H and O–H groups in total. The van der Waals surface area contributed by atoms with E-state index < -0.39 is 0 Å². The zero-order chi connectivity index (χ0) is 15.5. The summed E-state index contributed by atoms with van der Waals surface area (Å²) in [6, 6.07) is 0.0738. The number of aliphatic hydroxyl groups excluding tert-OH is 1. The molecule has 0 aromatic carbocycles. The van der Waals surface area contributed by atoms with Crippen molar-refractivity contribution in [2.75, 3.05) is 19.8 Å². The molecule has 6 heteroatoms. The number of nitrogens with one attached hydrogen (secondary N) is 1. The first kappa shape index (κ1) is 15.8. The van der Waals surface area contributed by atoms with Gasteiger partial charge in [-0.1, -0.05) is 0 Å². The van der Waals surface area contributed by atoms with Gasteiger partial charge in [0.2, 0.25) is 0 Å². The first-order valence-electron chi connectivity index (χ1n) is 7.98. The van der Waals surface area contributed by atoms with Crippen molar-refractivity contribution < 1.29 is 14.6 Å². The van der Waals surface area contributed by atoms with E-state index in [0.29, 0.717) is 26.2 Å². The van der Waals surface area contributed by atoms with E-state index in [-0.39, 0.29) is 24.1 Å². The minimum absolute atomic E-state index is 0.0223. The molecule has 1 aromatic heterocycles. The summed E-state index contributed by atoms with van der Waals surface area (Å²) >= 11 is 1.66. The Labute approximate surface area is 135 Å². The quantitative estimate of drug-likeness (QED) is 0.895. The summed E-state index contributed by atoms with van der Waals surface area (Å²) in [5.41, 5.74) is 2.40. The van der Waals surface area contributed by atoms with Crippen LogP contribution < -0.4 is 5.32 Å².